The number of amides is 1. The summed E-state index contributed by atoms with van der Waals surface area (Å²) >= 11 is 0. The summed E-state index contributed by atoms with van der Waals surface area (Å²) in [6, 6.07) is 0. The van der Waals surface area contributed by atoms with Gasteiger partial charge in [-0.3, -0.25) is 4.79 Å². The van der Waals surface area contributed by atoms with Crippen molar-refractivity contribution >= 4 is 11.9 Å². The quantitative estimate of drug-likeness (QED) is 0.755. The van der Waals surface area contributed by atoms with Gasteiger partial charge >= 0.3 is 5.97 Å². The maximum Gasteiger partial charge on any atom is 0.333 e. The Morgan fingerprint density at radius 2 is 1.94 bits per heavy atom. The lowest BCUT2D eigenvalue weighted by Crippen LogP contribution is -2.33. The maximum absolute atomic E-state index is 11.3. The first-order chi connectivity index (χ1) is 7.97. The molecule has 2 aliphatic rings. The fraction of sp³-hybridized carbons (Fsp3) is 0.667. The smallest absolute Gasteiger partial charge is 0.333 e. The first-order valence-electron chi connectivity index (χ1n) is 5.89. The van der Waals surface area contributed by atoms with E-state index in [1.165, 1.54) is 0 Å². The standard InChI is InChI=1S/C12H17NO4/c1-6-3-8(4-7(2)17-6)11-9(12(15)16)5-10(14)13-11/h6-8H,3-5H2,1-2H3,(H,13,14)(H,15,16). The van der Waals surface area contributed by atoms with Crippen LogP contribution in [0.4, 0.5) is 0 Å². The minimum Gasteiger partial charge on any atom is -0.478 e. The molecule has 1 fully saturated rings. The van der Waals surface area contributed by atoms with Crippen molar-refractivity contribution < 1.29 is 19.4 Å². The van der Waals surface area contributed by atoms with Crippen LogP contribution in [0.15, 0.2) is 11.3 Å². The van der Waals surface area contributed by atoms with Crippen molar-refractivity contribution in [1.82, 2.24) is 5.32 Å². The predicted octanol–water partition coefficient (Wildman–Crippen LogP) is 1.05. The summed E-state index contributed by atoms with van der Waals surface area (Å²) in [6.45, 7) is 3.95. The zero-order valence-corrected chi connectivity index (χ0v) is 10.0. The summed E-state index contributed by atoms with van der Waals surface area (Å²) in [5.41, 5.74) is 0.825. The monoisotopic (exact) mass is 239 g/mol. The van der Waals surface area contributed by atoms with E-state index in [0.29, 0.717) is 5.70 Å². The second-order valence-electron chi connectivity index (χ2n) is 4.85. The van der Waals surface area contributed by atoms with Crippen LogP contribution in [-0.2, 0) is 14.3 Å². The van der Waals surface area contributed by atoms with E-state index in [0.717, 1.165) is 12.8 Å². The third-order valence-electron chi connectivity index (χ3n) is 3.30. The van der Waals surface area contributed by atoms with Gasteiger partial charge in [-0.05, 0) is 26.7 Å². The van der Waals surface area contributed by atoms with Crippen LogP contribution in [0.2, 0.25) is 0 Å². The van der Waals surface area contributed by atoms with Crippen molar-refractivity contribution in [3.8, 4) is 0 Å². The van der Waals surface area contributed by atoms with Crippen molar-refractivity contribution in [2.75, 3.05) is 0 Å². The van der Waals surface area contributed by atoms with Gasteiger partial charge in [0, 0.05) is 11.6 Å². The molecule has 2 unspecified atom stereocenters. The predicted molar refractivity (Wildman–Crippen MR) is 60.2 cm³/mol. The molecule has 0 aliphatic carbocycles. The highest BCUT2D eigenvalue weighted by molar-refractivity contribution is 5.99. The Morgan fingerprint density at radius 1 is 1.35 bits per heavy atom. The highest BCUT2D eigenvalue weighted by Gasteiger charge is 2.35. The zero-order chi connectivity index (χ0) is 12.6. The molecular weight excluding hydrogens is 222 g/mol. The summed E-state index contributed by atoms with van der Waals surface area (Å²) in [6.07, 6.45) is 1.71. The topological polar surface area (TPSA) is 75.6 Å². The molecule has 2 atom stereocenters. The van der Waals surface area contributed by atoms with Crippen molar-refractivity contribution in [2.24, 2.45) is 5.92 Å². The number of carbonyl (C=O) groups excluding carboxylic acids is 1. The number of ether oxygens (including phenoxy) is 1. The third kappa shape index (κ3) is 2.49. The number of nitrogens with one attached hydrogen (secondary N) is 1. The minimum absolute atomic E-state index is 0.00914. The summed E-state index contributed by atoms with van der Waals surface area (Å²) in [4.78, 5) is 22.4. The molecule has 0 saturated carbocycles. The Hall–Kier alpha value is -1.36. The van der Waals surface area contributed by atoms with Crippen molar-refractivity contribution in [2.45, 2.75) is 45.3 Å². The van der Waals surface area contributed by atoms with Gasteiger partial charge in [-0.15, -0.1) is 0 Å². The molecule has 2 N–H and O–H groups in total. The molecule has 0 radical (unpaired) electrons. The lowest BCUT2D eigenvalue weighted by atomic mass is 9.88. The van der Waals surface area contributed by atoms with Gasteiger partial charge in [-0.25, -0.2) is 4.79 Å². The van der Waals surface area contributed by atoms with E-state index in [1.807, 2.05) is 13.8 Å². The largest absolute Gasteiger partial charge is 0.478 e. The van der Waals surface area contributed by atoms with E-state index < -0.39 is 5.97 Å². The van der Waals surface area contributed by atoms with Crippen molar-refractivity contribution in [3.63, 3.8) is 0 Å². The van der Waals surface area contributed by atoms with Crippen molar-refractivity contribution in [3.05, 3.63) is 11.3 Å². The van der Waals surface area contributed by atoms with E-state index in [4.69, 9.17) is 9.84 Å². The molecule has 94 valence electrons. The second-order valence-corrected chi connectivity index (χ2v) is 4.85. The number of allylic oxidation sites excluding steroid dienone is 1. The zero-order valence-electron chi connectivity index (χ0n) is 10.0. The van der Waals surface area contributed by atoms with Crippen LogP contribution in [-0.4, -0.2) is 29.2 Å². The number of carboxylic acid groups (broad SMARTS) is 1. The normalized spacial score (nSPS) is 33.8. The molecule has 0 bridgehead atoms. The van der Waals surface area contributed by atoms with Crippen LogP contribution in [0.25, 0.3) is 0 Å². The molecule has 17 heavy (non-hydrogen) atoms. The molecule has 5 nitrogen and oxygen atoms in total. The van der Waals surface area contributed by atoms with Crippen LogP contribution < -0.4 is 5.32 Å². The van der Waals surface area contributed by atoms with Gasteiger partial charge in [0.2, 0.25) is 5.91 Å². The van der Waals surface area contributed by atoms with Crippen LogP contribution in [0.5, 0.6) is 0 Å². The average Bonchev–Trinajstić information content (AvgIpc) is 2.59. The molecule has 5 heteroatoms. The Morgan fingerprint density at radius 3 is 2.47 bits per heavy atom. The molecule has 0 spiro atoms. The van der Waals surface area contributed by atoms with Crippen molar-refractivity contribution in [1.29, 1.82) is 0 Å². The number of carboxylic acids is 1. The van der Waals surface area contributed by atoms with E-state index >= 15 is 0 Å². The summed E-state index contributed by atoms with van der Waals surface area (Å²) in [5.74, 6) is -1.12. The number of hydrogen-bond acceptors (Lipinski definition) is 3. The molecule has 2 rings (SSSR count). The van der Waals surface area contributed by atoms with Gasteiger partial charge < -0.3 is 15.2 Å². The van der Waals surface area contributed by atoms with Gasteiger partial charge in [0.25, 0.3) is 0 Å². The molecule has 0 aromatic rings. The first kappa shape index (κ1) is 12.1. The lowest BCUT2D eigenvalue weighted by molar-refractivity contribution is -0.133. The molecular formula is C12H17NO4. The lowest BCUT2D eigenvalue weighted by Gasteiger charge is -2.33. The fourth-order valence-corrected chi connectivity index (χ4v) is 2.71. The molecule has 0 aromatic carbocycles. The minimum atomic E-state index is -0.995. The summed E-state index contributed by atoms with van der Waals surface area (Å²) in [5, 5.41) is 11.8. The van der Waals surface area contributed by atoms with Gasteiger partial charge in [0.1, 0.15) is 0 Å². The molecule has 0 aromatic heterocycles. The van der Waals surface area contributed by atoms with Gasteiger partial charge in [0.05, 0.1) is 24.2 Å². The second kappa shape index (κ2) is 4.49. The van der Waals surface area contributed by atoms with E-state index in [2.05, 4.69) is 5.32 Å². The van der Waals surface area contributed by atoms with Gasteiger partial charge in [-0.1, -0.05) is 0 Å². The first-order valence-corrected chi connectivity index (χ1v) is 5.89. The van der Waals surface area contributed by atoms with Crippen LogP contribution in [0.1, 0.15) is 33.1 Å². The Bertz CT molecular complexity index is 378. The SMILES string of the molecule is CC1CC(C2=C(C(=O)O)CC(=O)N2)CC(C)O1. The molecule has 1 saturated heterocycles. The molecule has 2 aliphatic heterocycles. The van der Waals surface area contributed by atoms with Crippen LogP contribution >= 0.6 is 0 Å². The Labute approximate surface area is 99.8 Å². The van der Waals surface area contributed by atoms with Crippen LogP contribution in [0, 0.1) is 5.92 Å². The van der Waals surface area contributed by atoms with E-state index in [9.17, 15) is 9.59 Å². The van der Waals surface area contributed by atoms with Gasteiger partial charge in [-0.2, -0.15) is 0 Å². The molecule has 1 amide bonds. The number of aliphatic carboxylic acids is 1. The Kier molecular flexibility index (Phi) is 3.19. The van der Waals surface area contributed by atoms with E-state index in [-0.39, 0.29) is 36.0 Å². The average molecular weight is 239 g/mol. The highest BCUT2D eigenvalue weighted by atomic mass is 16.5. The maximum atomic E-state index is 11.3. The summed E-state index contributed by atoms with van der Waals surface area (Å²) in [7, 11) is 0. The fourth-order valence-electron chi connectivity index (χ4n) is 2.71. The molecule has 2 heterocycles. The van der Waals surface area contributed by atoms with Crippen LogP contribution in [0.3, 0.4) is 0 Å². The highest BCUT2D eigenvalue weighted by Crippen LogP contribution is 2.33. The number of hydrogen-bond donors (Lipinski definition) is 2. The van der Waals surface area contributed by atoms with E-state index in [1.54, 1.807) is 0 Å². The Balaban J connectivity index is 2.22. The van der Waals surface area contributed by atoms with Gasteiger partial charge in [0.15, 0.2) is 0 Å². The number of carbonyl (C=O) groups is 2. The summed E-state index contributed by atoms with van der Waals surface area (Å²) < 4.78 is 5.62. The number of rotatable bonds is 2. The third-order valence-corrected chi connectivity index (χ3v) is 3.30.